The SMILES string of the molecule is CCNCc1cc(Cl)cc(Cl)c1OCCCC(C)(C)C#N. The summed E-state index contributed by atoms with van der Waals surface area (Å²) < 4.78 is 5.82. The molecule has 1 N–H and O–H groups in total. The number of nitrogens with one attached hydrogen (secondary N) is 1. The van der Waals surface area contributed by atoms with E-state index in [4.69, 9.17) is 33.2 Å². The van der Waals surface area contributed by atoms with Crippen molar-refractivity contribution in [2.24, 2.45) is 5.41 Å². The highest BCUT2D eigenvalue weighted by molar-refractivity contribution is 6.35. The molecular weight excluding hydrogens is 307 g/mol. The van der Waals surface area contributed by atoms with E-state index in [9.17, 15) is 0 Å². The van der Waals surface area contributed by atoms with Crippen molar-refractivity contribution < 1.29 is 4.74 Å². The maximum Gasteiger partial charge on any atom is 0.142 e. The van der Waals surface area contributed by atoms with Gasteiger partial charge in [0.25, 0.3) is 0 Å². The second-order valence-electron chi connectivity index (χ2n) is 5.60. The standard InChI is InChI=1S/C16H22Cl2N2O/c1-4-20-10-12-8-13(17)9-14(18)15(12)21-7-5-6-16(2,3)11-19/h8-9,20H,4-7,10H2,1-3H3. The van der Waals surface area contributed by atoms with E-state index in [1.165, 1.54) is 0 Å². The molecule has 0 aromatic heterocycles. The van der Waals surface area contributed by atoms with Gasteiger partial charge in [0.2, 0.25) is 0 Å². The predicted octanol–water partition coefficient (Wildman–Crippen LogP) is 4.81. The summed E-state index contributed by atoms with van der Waals surface area (Å²) in [6.45, 7) is 7.95. The summed E-state index contributed by atoms with van der Waals surface area (Å²) in [5, 5.41) is 13.4. The number of rotatable bonds is 8. The van der Waals surface area contributed by atoms with Crippen LogP contribution in [0.25, 0.3) is 0 Å². The average molecular weight is 329 g/mol. The molecule has 0 heterocycles. The summed E-state index contributed by atoms with van der Waals surface area (Å²) in [5.41, 5.74) is 0.633. The van der Waals surface area contributed by atoms with Gasteiger partial charge in [-0.3, -0.25) is 0 Å². The number of hydrogen-bond acceptors (Lipinski definition) is 3. The lowest BCUT2D eigenvalue weighted by Crippen LogP contribution is -2.14. The van der Waals surface area contributed by atoms with Crippen LogP contribution >= 0.6 is 23.2 Å². The first-order valence-corrected chi connectivity index (χ1v) is 7.88. The Hall–Kier alpha value is -0.950. The van der Waals surface area contributed by atoms with Gasteiger partial charge in [0.15, 0.2) is 0 Å². The molecule has 0 spiro atoms. The van der Waals surface area contributed by atoms with Gasteiger partial charge in [0.1, 0.15) is 5.75 Å². The first kappa shape index (κ1) is 18.1. The van der Waals surface area contributed by atoms with E-state index in [2.05, 4.69) is 11.4 Å². The smallest absolute Gasteiger partial charge is 0.142 e. The Balaban J connectivity index is 2.67. The van der Waals surface area contributed by atoms with Crippen LogP contribution in [0.15, 0.2) is 12.1 Å². The molecule has 0 aliphatic carbocycles. The monoisotopic (exact) mass is 328 g/mol. The van der Waals surface area contributed by atoms with Gasteiger partial charge in [-0.15, -0.1) is 0 Å². The summed E-state index contributed by atoms with van der Waals surface area (Å²) in [5.74, 6) is 0.678. The van der Waals surface area contributed by atoms with Gasteiger partial charge >= 0.3 is 0 Å². The summed E-state index contributed by atoms with van der Waals surface area (Å²) in [4.78, 5) is 0. The lowest BCUT2D eigenvalue weighted by atomic mass is 9.90. The summed E-state index contributed by atoms with van der Waals surface area (Å²) in [7, 11) is 0. The van der Waals surface area contributed by atoms with Crippen LogP contribution in [-0.2, 0) is 6.54 Å². The predicted molar refractivity (Wildman–Crippen MR) is 88.0 cm³/mol. The van der Waals surface area contributed by atoms with Crippen LogP contribution in [-0.4, -0.2) is 13.2 Å². The van der Waals surface area contributed by atoms with E-state index in [1.807, 2.05) is 26.8 Å². The normalized spacial score (nSPS) is 11.2. The van der Waals surface area contributed by atoms with Crippen molar-refractivity contribution >= 4 is 23.2 Å². The molecule has 116 valence electrons. The molecule has 21 heavy (non-hydrogen) atoms. The quantitative estimate of drug-likeness (QED) is 0.696. The average Bonchev–Trinajstić information content (AvgIpc) is 2.42. The minimum Gasteiger partial charge on any atom is -0.492 e. The van der Waals surface area contributed by atoms with Gasteiger partial charge in [0.05, 0.1) is 23.1 Å². The molecular formula is C16H22Cl2N2O. The van der Waals surface area contributed by atoms with Crippen LogP contribution in [0.1, 0.15) is 39.2 Å². The molecule has 0 saturated heterocycles. The molecule has 1 rings (SSSR count). The van der Waals surface area contributed by atoms with Crippen LogP contribution in [0.3, 0.4) is 0 Å². The van der Waals surface area contributed by atoms with Gasteiger partial charge in [-0.25, -0.2) is 0 Å². The fraction of sp³-hybridized carbons (Fsp3) is 0.562. The molecule has 0 radical (unpaired) electrons. The van der Waals surface area contributed by atoms with E-state index >= 15 is 0 Å². The topological polar surface area (TPSA) is 45.0 Å². The highest BCUT2D eigenvalue weighted by atomic mass is 35.5. The Morgan fingerprint density at radius 1 is 1.33 bits per heavy atom. The maximum atomic E-state index is 8.99. The first-order chi connectivity index (χ1) is 9.89. The first-order valence-electron chi connectivity index (χ1n) is 7.12. The lowest BCUT2D eigenvalue weighted by Gasteiger charge is -2.17. The zero-order valence-corrected chi connectivity index (χ0v) is 14.3. The van der Waals surface area contributed by atoms with E-state index < -0.39 is 0 Å². The number of ether oxygens (including phenoxy) is 1. The van der Waals surface area contributed by atoms with Crippen LogP contribution in [0, 0.1) is 16.7 Å². The highest BCUT2D eigenvalue weighted by Gasteiger charge is 2.16. The van der Waals surface area contributed by atoms with Crippen molar-refractivity contribution in [3.05, 3.63) is 27.7 Å². The Kier molecular flexibility index (Phi) is 7.31. The van der Waals surface area contributed by atoms with Crippen molar-refractivity contribution in [3.8, 4) is 11.8 Å². The van der Waals surface area contributed by atoms with Crippen LogP contribution in [0.4, 0.5) is 0 Å². The van der Waals surface area contributed by atoms with Gasteiger partial charge in [-0.05, 0) is 45.4 Å². The third-order valence-electron chi connectivity index (χ3n) is 3.15. The zero-order valence-electron chi connectivity index (χ0n) is 12.8. The Labute approximate surface area is 137 Å². The number of halogens is 2. The van der Waals surface area contributed by atoms with Gasteiger partial charge < -0.3 is 10.1 Å². The molecule has 0 aliphatic heterocycles. The minimum atomic E-state index is -0.320. The number of benzene rings is 1. The molecule has 0 unspecified atom stereocenters. The molecule has 1 aromatic rings. The van der Waals surface area contributed by atoms with E-state index in [1.54, 1.807) is 6.07 Å². The molecule has 0 bridgehead atoms. The third-order valence-corrected chi connectivity index (χ3v) is 3.64. The van der Waals surface area contributed by atoms with Crippen molar-refractivity contribution in [3.63, 3.8) is 0 Å². The van der Waals surface area contributed by atoms with Gasteiger partial charge in [0, 0.05) is 17.1 Å². The molecule has 5 heteroatoms. The largest absolute Gasteiger partial charge is 0.492 e. The zero-order chi connectivity index (χ0) is 15.9. The lowest BCUT2D eigenvalue weighted by molar-refractivity contribution is 0.281. The second-order valence-corrected chi connectivity index (χ2v) is 6.45. The highest BCUT2D eigenvalue weighted by Crippen LogP contribution is 2.33. The Morgan fingerprint density at radius 2 is 2.05 bits per heavy atom. The van der Waals surface area contributed by atoms with E-state index in [0.29, 0.717) is 28.9 Å². The Morgan fingerprint density at radius 3 is 2.67 bits per heavy atom. The van der Waals surface area contributed by atoms with Crippen molar-refractivity contribution in [2.45, 2.75) is 40.2 Å². The van der Waals surface area contributed by atoms with E-state index in [-0.39, 0.29) is 5.41 Å². The molecule has 0 saturated carbocycles. The fourth-order valence-electron chi connectivity index (χ4n) is 1.91. The second kappa shape index (κ2) is 8.48. The Bertz CT molecular complexity index is 510. The van der Waals surface area contributed by atoms with Crippen LogP contribution in [0.2, 0.25) is 10.0 Å². The molecule has 0 amide bonds. The summed E-state index contributed by atoms with van der Waals surface area (Å²) in [6.07, 6.45) is 1.59. The molecule has 0 aliphatic rings. The van der Waals surface area contributed by atoms with Crippen molar-refractivity contribution in [2.75, 3.05) is 13.2 Å². The molecule has 3 nitrogen and oxygen atoms in total. The van der Waals surface area contributed by atoms with Gasteiger partial charge in [-0.2, -0.15) is 5.26 Å². The summed E-state index contributed by atoms with van der Waals surface area (Å²) in [6, 6.07) is 5.84. The third kappa shape index (κ3) is 6.13. The van der Waals surface area contributed by atoms with Crippen LogP contribution in [0.5, 0.6) is 5.75 Å². The maximum absolute atomic E-state index is 8.99. The van der Waals surface area contributed by atoms with Crippen molar-refractivity contribution in [1.82, 2.24) is 5.32 Å². The molecule has 0 fully saturated rings. The fourth-order valence-corrected chi connectivity index (χ4v) is 2.50. The number of nitriles is 1. The van der Waals surface area contributed by atoms with E-state index in [0.717, 1.165) is 24.9 Å². The van der Waals surface area contributed by atoms with Crippen LogP contribution < -0.4 is 10.1 Å². The molecule has 0 atom stereocenters. The van der Waals surface area contributed by atoms with Crippen molar-refractivity contribution in [1.29, 1.82) is 5.26 Å². The number of nitrogens with zero attached hydrogens (tertiary/aromatic N) is 1. The number of hydrogen-bond donors (Lipinski definition) is 1. The van der Waals surface area contributed by atoms with Gasteiger partial charge in [-0.1, -0.05) is 30.1 Å². The molecule has 1 aromatic carbocycles. The summed E-state index contributed by atoms with van der Waals surface area (Å²) >= 11 is 12.3. The minimum absolute atomic E-state index is 0.320.